The van der Waals surface area contributed by atoms with E-state index in [-0.39, 0.29) is 11.7 Å². The Kier molecular flexibility index (Phi) is 6.90. The zero-order valence-corrected chi connectivity index (χ0v) is 21.0. The molecule has 0 bridgehead atoms. The lowest BCUT2D eigenvalue weighted by Gasteiger charge is -2.27. The number of hydrogen-bond donors (Lipinski definition) is 0. The summed E-state index contributed by atoms with van der Waals surface area (Å²) < 4.78 is 23.4. The number of methoxy groups -OCH3 is 2. The van der Waals surface area contributed by atoms with Crippen molar-refractivity contribution in [2.75, 3.05) is 58.5 Å². The van der Waals surface area contributed by atoms with Crippen LogP contribution in [-0.4, -0.2) is 69.4 Å². The van der Waals surface area contributed by atoms with Gasteiger partial charge in [-0.05, 0) is 37.1 Å². The van der Waals surface area contributed by atoms with Crippen molar-refractivity contribution in [2.24, 2.45) is 0 Å². The summed E-state index contributed by atoms with van der Waals surface area (Å²) in [4.78, 5) is 22.7. The van der Waals surface area contributed by atoms with Crippen molar-refractivity contribution in [1.29, 1.82) is 0 Å². The number of aryl methyl sites for hydroxylation is 1. The van der Waals surface area contributed by atoms with Crippen LogP contribution in [0.3, 0.4) is 0 Å². The fraction of sp³-hybridized carbons (Fsp3) is 0.385. The van der Waals surface area contributed by atoms with Crippen molar-refractivity contribution >= 4 is 43.6 Å². The average Bonchev–Trinajstić information content (AvgIpc) is 3.53. The highest BCUT2D eigenvalue weighted by Gasteiger charge is 2.26. The SMILES string of the molecule is COc1ccc(C)c2sc(N(CCCN3CCOCC3)C(=O)c3cc4cccc(OC)c4o3)nc12. The summed E-state index contributed by atoms with van der Waals surface area (Å²) in [5.41, 5.74) is 2.43. The van der Waals surface area contributed by atoms with Gasteiger partial charge in [0.05, 0.1) is 32.1 Å². The van der Waals surface area contributed by atoms with Crippen LogP contribution in [0, 0.1) is 6.92 Å². The summed E-state index contributed by atoms with van der Waals surface area (Å²) in [5, 5.41) is 1.45. The molecule has 9 heteroatoms. The first-order chi connectivity index (χ1) is 17.1. The Labute approximate surface area is 208 Å². The van der Waals surface area contributed by atoms with E-state index in [9.17, 15) is 4.79 Å². The number of thiazole rings is 1. The van der Waals surface area contributed by atoms with Crippen LogP contribution in [0.2, 0.25) is 0 Å². The third kappa shape index (κ3) is 4.71. The molecular weight excluding hydrogens is 466 g/mol. The predicted molar refractivity (Wildman–Crippen MR) is 137 cm³/mol. The quantitative estimate of drug-likeness (QED) is 0.349. The molecule has 35 heavy (non-hydrogen) atoms. The topological polar surface area (TPSA) is 77.3 Å². The maximum Gasteiger partial charge on any atom is 0.295 e. The molecule has 0 aliphatic carbocycles. The van der Waals surface area contributed by atoms with Crippen molar-refractivity contribution in [2.45, 2.75) is 13.3 Å². The van der Waals surface area contributed by atoms with Crippen LogP contribution in [0.1, 0.15) is 22.5 Å². The summed E-state index contributed by atoms with van der Waals surface area (Å²) in [6, 6.07) is 11.3. The van der Waals surface area contributed by atoms with Gasteiger partial charge in [-0.15, -0.1) is 0 Å². The van der Waals surface area contributed by atoms with E-state index in [0.29, 0.717) is 28.8 Å². The summed E-state index contributed by atoms with van der Waals surface area (Å²) in [6.07, 6.45) is 0.807. The van der Waals surface area contributed by atoms with Gasteiger partial charge in [0.1, 0.15) is 11.3 Å². The standard InChI is InChI=1S/C26H29N3O5S/c1-17-8-9-19(31-2)22-24(17)35-26(27-22)29(11-5-10-28-12-14-33-15-13-28)25(30)21-16-18-6-4-7-20(32-3)23(18)34-21/h4,6-9,16H,5,10-15H2,1-3H3. The molecule has 0 saturated carbocycles. The lowest BCUT2D eigenvalue weighted by molar-refractivity contribution is 0.0376. The van der Waals surface area contributed by atoms with Crippen LogP contribution in [0.25, 0.3) is 21.2 Å². The molecule has 3 heterocycles. The minimum Gasteiger partial charge on any atom is -0.494 e. The molecule has 184 valence electrons. The predicted octanol–water partition coefficient (Wildman–Crippen LogP) is 4.74. The molecule has 0 N–H and O–H groups in total. The third-order valence-corrected chi connectivity index (χ3v) is 7.50. The Balaban J connectivity index is 1.49. The maximum atomic E-state index is 13.8. The van der Waals surface area contributed by atoms with E-state index in [1.165, 1.54) is 11.3 Å². The molecule has 0 atom stereocenters. The first-order valence-electron chi connectivity index (χ1n) is 11.7. The fourth-order valence-corrected chi connectivity index (χ4v) is 5.45. The smallest absolute Gasteiger partial charge is 0.295 e. The molecule has 8 nitrogen and oxygen atoms in total. The lowest BCUT2D eigenvalue weighted by Crippen LogP contribution is -2.39. The van der Waals surface area contributed by atoms with Gasteiger partial charge in [-0.2, -0.15) is 0 Å². The van der Waals surface area contributed by atoms with Crippen LogP contribution in [-0.2, 0) is 4.74 Å². The third-order valence-electron chi connectivity index (χ3n) is 6.29. The molecule has 0 spiro atoms. The van der Waals surface area contributed by atoms with Gasteiger partial charge in [-0.1, -0.05) is 29.5 Å². The highest BCUT2D eigenvalue weighted by Crippen LogP contribution is 2.37. The van der Waals surface area contributed by atoms with Crippen molar-refractivity contribution in [1.82, 2.24) is 9.88 Å². The number of anilines is 1. The molecule has 0 radical (unpaired) electrons. The fourth-order valence-electron chi connectivity index (χ4n) is 4.38. The summed E-state index contributed by atoms with van der Waals surface area (Å²) in [6.45, 7) is 6.77. The molecule has 1 aliphatic rings. The van der Waals surface area contributed by atoms with E-state index in [4.69, 9.17) is 23.6 Å². The summed E-state index contributed by atoms with van der Waals surface area (Å²) in [5.74, 6) is 1.34. The number of amides is 1. The van der Waals surface area contributed by atoms with Gasteiger partial charge < -0.3 is 18.6 Å². The number of ether oxygens (including phenoxy) is 3. The summed E-state index contributed by atoms with van der Waals surface area (Å²) >= 11 is 1.50. The van der Waals surface area contributed by atoms with Crippen molar-refractivity contribution in [3.63, 3.8) is 0 Å². The molecule has 1 fully saturated rings. The highest BCUT2D eigenvalue weighted by atomic mass is 32.1. The number of carbonyl (C=O) groups excluding carboxylic acids is 1. The molecular formula is C26H29N3O5S. The second-order valence-corrected chi connectivity index (χ2v) is 9.49. The molecule has 2 aromatic heterocycles. The molecule has 1 amide bonds. The number of rotatable bonds is 8. The van der Waals surface area contributed by atoms with E-state index in [1.54, 1.807) is 25.2 Å². The number of para-hydroxylation sites is 1. The van der Waals surface area contributed by atoms with Crippen molar-refractivity contribution in [3.05, 3.63) is 47.7 Å². The average molecular weight is 496 g/mol. The van der Waals surface area contributed by atoms with Gasteiger partial charge >= 0.3 is 0 Å². The van der Waals surface area contributed by atoms with Crippen molar-refractivity contribution in [3.8, 4) is 11.5 Å². The Bertz CT molecular complexity index is 1340. The Morgan fingerprint density at radius 3 is 2.71 bits per heavy atom. The van der Waals surface area contributed by atoms with Crippen LogP contribution < -0.4 is 14.4 Å². The van der Waals surface area contributed by atoms with E-state index >= 15 is 0 Å². The van der Waals surface area contributed by atoms with Crippen LogP contribution in [0.4, 0.5) is 5.13 Å². The Hall–Kier alpha value is -3.14. The van der Waals surface area contributed by atoms with Gasteiger partial charge in [-0.25, -0.2) is 4.98 Å². The second-order valence-electron chi connectivity index (χ2n) is 8.51. The number of morpholine rings is 1. The largest absolute Gasteiger partial charge is 0.494 e. The Morgan fingerprint density at radius 1 is 1.14 bits per heavy atom. The van der Waals surface area contributed by atoms with Gasteiger partial charge in [0.25, 0.3) is 5.91 Å². The molecule has 4 aromatic rings. The first-order valence-corrected chi connectivity index (χ1v) is 12.5. The zero-order valence-electron chi connectivity index (χ0n) is 20.2. The monoisotopic (exact) mass is 495 g/mol. The van der Waals surface area contributed by atoms with E-state index in [0.717, 1.165) is 60.4 Å². The van der Waals surface area contributed by atoms with Crippen LogP contribution in [0.15, 0.2) is 40.8 Å². The zero-order chi connectivity index (χ0) is 24.4. The summed E-state index contributed by atoms with van der Waals surface area (Å²) in [7, 11) is 3.23. The number of aromatic nitrogens is 1. The first kappa shape index (κ1) is 23.6. The van der Waals surface area contributed by atoms with Gasteiger partial charge in [0.2, 0.25) is 0 Å². The van der Waals surface area contributed by atoms with E-state index in [2.05, 4.69) is 4.90 Å². The maximum absolute atomic E-state index is 13.8. The molecule has 1 saturated heterocycles. The number of furan rings is 1. The van der Waals surface area contributed by atoms with E-state index < -0.39 is 0 Å². The lowest BCUT2D eigenvalue weighted by atomic mass is 10.2. The minimum atomic E-state index is -0.221. The number of hydrogen-bond acceptors (Lipinski definition) is 8. The number of benzene rings is 2. The highest BCUT2D eigenvalue weighted by molar-refractivity contribution is 7.22. The minimum absolute atomic E-state index is 0.221. The number of carbonyl (C=O) groups is 1. The van der Waals surface area contributed by atoms with Crippen molar-refractivity contribution < 1.29 is 23.4 Å². The molecule has 2 aromatic carbocycles. The number of nitrogens with zero attached hydrogens (tertiary/aromatic N) is 3. The molecule has 5 rings (SSSR count). The number of fused-ring (bicyclic) bond motifs is 2. The molecule has 1 aliphatic heterocycles. The van der Waals surface area contributed by atoms with Gasteiger partial charge in [0, 0.05) is 31.6 Å². The van der Waals surface area contributed by atoms with Crippen LogP contribution >= 0.6 is 11.3 Å². The van der Waals surface area contributed by atoms with Crippen LogP contribution in [0.5, 0.6) is 11.5 Å². The van der Waals surface area contributed by atoms with Gasteiger partial charge in [-0.3, -0.25) is 14.6 Å². The Morgan fingerprint density at radius 2 is 1.94 bits per heavy atom. The second kappa shape index (κ2) is 10.2. The van der Waals surface area contributed by atoms with Gasteiger partial charge in [0.15, 0.2) is 22.2 Å². The normalized spacial score (nSPS) is 14.5. The molecule has 0 unspecified atom stereocenters. The van der Waals surface area contributed by atoms with E-state index in [1.807, 2.05) is 37.3 Å².